The Morgan fingerprint density at radius 1 is 1.12 bits per heavy atom. The van der Waals surface area contributed by atoms with Gasteiger partial charge in [0.15, 0.2) is 0 Å². The molecule has 0 radical (unpaired) electrons. The van der Waals surface area contributed by atoms with Crippen molar-refractivity contribution in [2.45, 2.75) is 18.4 Å². The molecule has 1 amide bonds. The van der Waals surface area contributed by atoms with Crippen LogP contribution in [0.5, 0.6) is 0 Å². The van der Waals surface area contributed by atoms with Crippen LogP contribution in [0.1, 0.15) is 28.8 Å². The van der Waals surface area contributed by atoms with Gasteiger partial charge in [-0.15, -0.1) is 0 Å². The molecule has 24 heavy (non-hydrogen) atoms. The van der Waals surface area contributed by atoms with E-state index >= 15 is 0 Å². The van der Waals surface area contributed by atoms with Gasteiger partial charge in [-0.1, -0.05) is 28.1 Å². The number of hydrogen-bond donors (Lipinski definition) is 1. The first-order chi connectivity index (χ1) is 11.5. The molecule has 2 aromatic rings. The highest BCUT2D eigenvalue weighted by molar-refractivity contribution is 9.10. The molecule has 1 heterocycles. The zero-order chi connectivity index (χ0) is 17.2. The molecule has 1 saturated heterocycles. The summed E-state index contributed by atoms with van der Waals surface area (Å²) in [6.45, 7) is 1.13. The predicted octanol–water partition coefficient (Wildman–Crippen LogP) is 4.79. The molecule has 2 aromatic carbocycles. The molecule has 126 valence electrons. The molecule has 1 aliphatic rings. The Morgan fingerprint density at radius 3 is 2.58 bits per heavy atom. The molecule has 0 saturated carbocycles. The van der Waals surface area contributed by atoms with Gasteiger partial charge < -0.3 is 10.1 Å². The minimum atomic E-state index is -0.523. The Morgan fingerprint density at radius 2 is 1.88 bits per heavy atom. The topological polar surface area (TPSA) is 38.3 Å². The fraction of sp³-hybridized carbons (Fsp3) is 0.278. The summed E-state index contributed by atoms with van der Waals surface area (Å²) in [4.78, 5) is 12.8. The van der Waals surface area contributed by atoms with Gasteiger partial charge in [0.2, 0.25) is 0 Å². The Balaban J connectivity index is 1.95. The predicted molar refractivity (Wildman–Crippen MR) is 97.4 cm³/mol. The second-order valence-corrected chi connectivity index (χ2v) is 7.55. The van der Waals surface area contributed by atoms with Gasteiger partial charge in [0.1, 0.15) is 5.82 Å². The molecular weight excluding hydrogens is 441 g/mol. The summed E-state index contributed by atoms with van der Waals surface area (Å²) < 4.78 is 20.5. The molecule has 3 nitrogen and oxygen atoms in total. The lowest BCUT2D eigenvalue weighted by Gasteiger charge is -2.38. The molecule has 0 atom stereocenters. The van der Waals surface area contributed by atoms with Crippen LogP contribution in [0.4, 0.5) is 4.39 Å². The smallest absolute Gasteiger partial charge is 0.253 e. The van der Waals surface area contributed by atoms with Crippen LogP contribution in [0.25, 0.3) is 0 Å². The Kier molecular flexibility index (Phi) is 5.37. The van der Waals surface area contributed by atoms with E-state index in [2.05, 4.69) is 37.2 Å². The minimum Gasteiger partial charge on any atom is -0.381 e. The number of rotatable bonds is 3. The van der Waals surface area contributed by atoms with Crippen LogP contribution in [0.2, 0.25) is 0 Å². The van der Waals surface area contributed by atoms with Gasteiger partial charge in [0.25, 0.3) is 5.91 Å². The van der Waals surface area contributed by atoms with Gasteiger partial charge in [-0.05, 0) is 64.7 Å². The number of hydrogen-bond acceptors (Lipinski definition) is 2. The van der Waals surface area contributed by atoms with Gasteiger partial charge >= 0.3 is 0 Å². The summed E-state index contributed by atoms with van der Waals surface area (Å²) in [5, 5.41) is 3.12. The van der Waals surface area contributed by atoms with E-state index in [1.54, 1.807) is 6.07 Å². The number of halogens is 3. The van der Waals surface area contributed by atoms with Gasteiger partial charge in [-0.2, -0.15) is 0 Å². The van der Waals surface area contributed by atoms with E-state index in [4.69, 9.17) is 4.74 Å². The number of carbonyl (C=O) groups is 1. The van der Waals surface area contributed by atoms with Crippen LogP contribution in [-0.4, -0.2) is 19.1 Å². The number of carbonyl (C=O) groups excluding carboxylic acids is 1. The highest BCUT2D eigenvalue weighted by atomic mass is 79.9. The van der Waals surface area contributed by atoms with E-state index in [0.717, 1.165) is 10.0 Å². The lowest BCUT2D eigenvalue weighted by molar-refractivity contribution is 0.0345. The molecule has 1 aliphatic heterocycles. The van der Waals surface area contributed by atoms with E-state index in [-0.39, 0.29) is 11.5 Å². The third-order valence-electron chi connectivity index (χ3n) is 4.25. The lowest BCUT2D eigenvalue weighted by atomic mass is 9.82. The molecule has 0 aromatic heterocycles. The fourth-order valence-electron chi connectivity index (χ4n) is 2.95. The van der Waals surface area contributed by atoms with Crippen molar-refractivity contribution in [3.63, 3.8) is 0 Å². The summed E-state index contributed by atoms with van der Waals surface area (Å²) in [6.07, 6.45) is 1.34. The maximum absolute atomic E-state index is 13.5. The van der Waals surface area contributed by atoms with Crippen LogP contribution >= 0.6 is 31.9 Å². The van der Waals surface area contributed by atoms with Crippen molar-refractivity contribution in [1.82, 2.24) is 5.32 Å². The first kappa shape index (κ1) is 17.6. The molecule has 6 heteroatoms. The van der Waals surface area contributed by atoms with E-state index in [9.17, 15) is 9.18 Å². The molecule has 0 unspecified atom stereocenters. The first-order valence-corrected chi connectivity index (χ1v) is 9.20. The average molecular weight is 457 g/mol. The van der Waals surface area contributed by atoms with Crippen molar-refractivity contribution in [2.75, 3.05) is 13.2 Å². The van der Waals surface area contributed by atoms with Crippen LogP contribution in [-0.2, 0) is 10.3 Å². The average Bonchev–Trinajstić information content (AvgIpc) is 2.58. The zero-order valence-corrected chi connectivity index (χ0v) is 16.0. The summed E-state index contributed by atoms with van der Waals surface area (Å²) >= 11 is 6.81. The van der Waals surface area contributed by atoms with E-state index in [0.29, 0.717) is 30.5 Å². The Bertz CT molecular complexity index is 760. The van der Waals surface area contributed by atoms with E-state index < -0.39 is 11.4 Å². The third-order valence-corrected chi connectivity index (χ3v) is 5.43. The second kappa shape index (κ2) is 7.33. The van der Waals surface area contributed by atoms with Crippen molar-refractivity contribution >= 4 is 37.8 Å². The third kappa shape index (κ3) is 3.71. The molecule has 1 fully saturated rings. The first-order valence-electron chi connectivity index (χ1n) is 7.61. The van der Waals surface area contributed by atoms with Crippen molar-refractivity contribution in [2.24, 2.45) is 0 Å². The summed E-state index contributed by atoms with van der Waals surface area (Å²) in [5.41, 5.74) is 0.780. The van der Waals surface area contributed by atoms with E-state index in [1.807, 2.05) is 24.3 Å². The quantitative estimate of drug-likeness (QED) is 0.721. The summed E-state index contributed by atoms with van der Waals surface area (Å²) in [7, 11) is 0. The van der Waals surface area contributed by atoms with Gasteiger partial charge in [0.05, 0.1) is 11.1 Å². The molecule has 3 rings (SSSR count). The van der Waals surface area contributed by atoms with Crippen LogP contribution in [0.15, 0.2) is 51.4 Å². The molecule has 0 bridgehead atoms. The van der Waals surface area contributed by atoms with Crippen molar-refractivity contribution < 1.29 is 13.9 Å². The Labute approximate surface area is 156 Å². The molecule has 1 N–H and O–H groups in total. The van der Waals surface area contributed by atoms with Gasteiger partial charge in [0, 0.05) is 22.2 Å². The minimum absolute atomic E-state index is 0.288. The second-order valence-electron chi connectivity index (χ2n) is 5.78. The number of nitrogens with one attached hydrogen (secondary N) is 1. The largest absolute Gasteiger partial charge is 0.381 e. The summed E-state index contributed by atoms with van der Waals surface area (Å²) in [6, 6.07) is 12.0. The van der Waals surface area contributed by atoms with Gasteiger partial charge in [-0.3, -0.25) is 4.79 Å². The van der Waals surface area contributed by atoms with Crippen molar-refractivity contribution in [3.8, 4) is 0 Å². The number of amides is 1. The SMILES string of the molecule is O=C(NC1(c2cccc(Br)c2)CCOCC1)c1cc(F)ccc1Br. The Hall–Kier alpha value is -1.24. The van der Waals surface area contributed by atoms with Crippen LogP contribution in [0.3, 0.4) is 0 Å². The normalized spacial score (nSPS) is 16.6. The van der Waals surface area contributed by atoms with Crippen molar-refractivity contribution in [1.29, 1.82) is 0 Å². The number of ether oxygens (including phenoxy) is 1. The highest BCUT2D eigenvalue weighted by Gasteiger charge is 2.36. The fourth-order valence-corrected chi connectivity index (χ4v) is 3.77. The lowest BCUT2D eigenvalue weighted by Crippen LogP contribution is -2.49. The zero-order valence-electron chi connectivity index (χ0n) is 12.8. The summed E-state index contributed by atoms with van der Waals surface area (Å²) in [5.74, 6) is -0.741. The van der Waals surface area contributed by atoms with Crippen LogP contribution in [0, 0.1) is 5.82 Å². The van der Waals surface area contributed by atoms with Gasteiger partial charge in [-0.25, -0.2) is 4.39 Å². The highest BCUT2D eigenvalue weighted by Crippen LogP contribution is 2.34. The molecule has 0 spiro atoms. The molecular formula is C18H16Br2FNO2. The molecule has 0 aliphatic carbocycles. The van der Waals surface area contributed by atoms with E-state index in [1.165, 1.54) is 12.1 Å². The van der Waals surface area contributed by atoms with Crippen LogP contribution < -0.4 is 5.32 Å². The maximum atomic E-state index is 13.5. The number of benzene rings is 2. The maximum Gasteiger partial charge on any atom is 0.253 e. The van der Waals surface area contributed by atoms with Crippen molar-refractivity contribution in [3.05, 3.63) is 68.4 Å². The standard InChI is InChI=1S/C18H16Br2FNO2/c19-13-3-1-2-12(10-13)18(6-8-24-9-7-18)22-17(23)15-11-14(21)4-5-16(15)20/h1-5,10-11H,6-9H2,(H,22,23). The monoisotopic (exact) mass is 455 g/mol.